The lowest BCUT2D eigenvalue weighted by molar-refractivity contribution is 0.723. The third-order valence-electron chi connectivity index (χ3n) is 3.72. The molecule has 2 atom stereocenters. The van der Waals surface area contributed by atoms with E-state index in [0.29, 0.717) is 5.82 Å². The SMILES string of the molecule is c1ccc(C2N=C(c3nccnn3)SC2c2ccccc2)cc1. The van der Waals surface area contributed by atoms with E-state index in [4.69, 9.17) is 4.99 Å². The van der Waals surface area contributed by atoms with Crippen LogP contribution in [0.1, 0.15) is 28.2 Å². The second-order valence-corrected chi connectivity index (χ2v) is 6.34. The molecule has 4 rings (SSSR count). The molecule has 2 aromatic carbocycles. The lowest BCUT2D eigenvalue weighted by Crippen LogP contribution is -2.02. The van der Waals surface area contributed by atoms with Crippen molar-refractivity contribution < 1.29 is 0 Å². The maximum atomic E-state index is 4.90. The Hall–Kier alpha value is -2.53. The van der Waals surface area contributed by atoms with Crippen LogP contribution in [0, 0.1) is 0 Å². The zero-order valence-corrected chi connectivity index (χ0v) is 13.1. The minimum Gasteiger partial charge on any atom is -0.265 e. The Labute approximate surface area is 138 Å². The number of hydrogen-bond acceptors (Lipinski definition) is 5. The van der Waals surface area contributed by atoms with Crippen LogP contribution in [-0.2, 0) is 0 Å². The number of benzene rings is 2. The van der Waals surface area contributed by atoms with Crippen LogP contribution >= 0.6 is 11.8 Å². The first-order chi connectivity index (χ1) is 11.4. The largest absolute Gasteiger partial charge is 0.265 e. The van der Waals surface area contributed by atoms with Crippen LogP contribution in [0.3, 0.4) is 0 Å². The third kappa shape index (κ3) is 2.87. The Kier molecular flexibility index (Phi) is 3.86. The van der Waals surface area contributed by atoms with Gasteiger partial charge < -0.3 is 0 Å². The van der Waals surface area contributed by atoms with E-state index in [2.05, 4.69) is 63.7 Å². The summed E-state index contributed by atoms with van der Waals surface area (Å²) in [5.74, 6) is 0.594. The summed E-state index contributed by atoms with van der Waals surface area (Å²) in [6.07, 6.45) is 3.23. The quantitative estimate of drug-likeness (QED) is 0.736. The highest BCUT2D eigenvalue weighted by molar-refractivity contribution is 8.14. The summed E-state index contributed by atoms with van der Waals surface area (Å²) < 4.78 is 0. The molecule has 1 aliphatic heterocycles. The Morgan fingerprint density at radius 3 is 2.13 bits per heavy atom. The summed E-state index contributed by atoms with van der Waals surface area (Å²) in [6.45, 7) is 0. The fourth-order valence-electron chi connectivity index (χ4n) is 2.66. The van der Waals surface area contributed by atoms with Gasteiger partial charge in [0, 0.05) is 6.20 Å². The molecular formula is C18H14N4S. The molecule has 3 aromatic rings. The van der Waals surface area contributed by atoms with Gasteiger partial charge in [-0.25, -0.2) is 4.98 Å². The van der Waals surface area contributed by atoms with E-state index in [1.54, 1.807) is 24.2 Å². The second-order valence-electron chi connectivity index (χ2n) is 5.21. The molecule has 0 radical (unpaired) electrons. The van der Waals surface area contributed by atoms with Gasteiger partial charge in [0.1, 0.15) is 5.04 Å². The van der Waals surface area contributed by atoms with Crippen molar-refractivity contribution in [3.8, 4) is 0 Å². The molecule has 112 valence electrons. The molecular weight excluding hydrogens is 304 g/mol. The highest BCUT2D eigenvalue weighted by Gasteiger charge is 2.34. The summed E-state index contributed by atoms with van der Waals surface area (Å²) in [4.78, 5) is 9.19. The zero-order chi connectivity index (χ0) is 15.5. The van der Waals surface area contributed by atoms with Crippen molar-refractivity contribution in [1.29, 1.82) is 0 Å². The van der Waals surface area contributed by atoms with E-state index in [0.717, 1.165) is 5.04 Å². The Morgan fingerprint density at radius 1 is 0.783 bits per heavy atom. The molecule has 0 saturated heterocycles. The predicted octanol–water partition coefficient (Wildman–Crippen LogP) is 3.85. The van der Waals surface area contributed by atoms with Gasteiger partial charge in [-0.1, -0.05) is 72.4 Å². The van der Waals surface area contributed by atoms with Crippen LogP contribution in [0.5, 0.6) is 0 Å². The molecule has 0 aliphatic carbocycles. The van der Waals surface area contributed by atoms with Crippen molar-refractivity contribution >= 4 is 16.8 Å². The van der Waals surface area contributed by atoms with Gasteiger partial charge in [-0.2, -0.15) is 5.10 Å². The average Bonchev–Trinajstić information content (AvgIpc) is 3.09. The molecule has 0 N–H and O–H groups in total. The van der Waals surface area contributed by atoms with Gasteiger partial charge in [0.25, 0.3) is 0 Å². The molecule has 5 heteroatoms. The second kappa shape index (κ2) is 6.30. The molecule has 23 heavy (non-hydrogen) atoms. The third-order valence-corrected chi connectivity index (χ3v) is 5.02. The lowest BCUT2D eigenvalue weighted by atomic mass is 9.99. The van der Waals surface area contributed by atoms with Gasteiger partial charge in [0.05, 0.1) is 17.5 Å². The topological polar surface area (TPSA) is 51.0 Å². The van der Waals surface area contributed by atoms with E-state index < -0.39 is 0 Å². The highest BCUT2D eigenvalue weighted by Crippen LogP contribution is 2.49. The summed E-state index contributed by atoms with van der Waals surface area (Å²) in [7, 11) is 0. The van der Waals surface area contributed by atoms with Gasteiger partial charge in [-0.15, -0.1) is 5.10 Å². The summed E-state index contributed by atoms with van der Waals surface area (Å²) in [5.41, 5.74) is 2.46. The van der Waals surface area contributed by atoms with Crippen LogP contribution < -0.4 is 0 Å². The van der Waals surface area contributed by atoms with Gasteiger partial charge in [-0.05, 0) is 11.1 Å². The number of aliphatic imine (C=N–C) groups is 1. The molecule has 2 unspecified atom stereocenters. The van der Waals surface area contributed by atoms with Crippen molar-refractivity contribution in [3.63, 3.8) is 0 Å². The van der Waals surface area contributed by atoms with Crippen LogP contribution in [0.4, 0.5) is 0 Å². The van der Waals surface area contributed by atoms with Gasteiger partial charge in [0.15, 0.2) is 0 Å². The molecule has 1 aliphatic rings. The lowest BCUT2D eigenvalue weighted by Gasteiger charge is -2.17. The van der Waals surface area contributed by atoms with Gasteiger partial charge in [-0.3, -0.25) is 4.99 Å². The zero-order valence-electron chi connectivity index (χ0n) is 12.3. The molecule has 4 nitrogen and oxygen atoms in total. The van der Waals surface area contributed by atoms with Gasteiger partial charge in [0.2, 0.25) is 5.82 Å². The normalized spacial score (nSPS) is 20.3. The standard InChI is InChI=1S/C18H14N4S/c1-3-7-13(8-4-1)15-16(14-9-5-2-6-10-14)23-18(21-15)17-19-11-12-20-22-17/h1-12,15-16H. The first kappa shape index (κ1) is 14.1. The number of aromatic nitrogens is 3. The fraction of sp³-hybridized carbons (Fsp3) is 0.111. The Bertz CT molecular complexity index is 806. The minimum atomic E-state index is 0.0578. The number of nitrogens with zero attached hydrogens (tertiary/aromatic N) is 4. The summed E-state index contributed by atoms with van der Waals surface area (Å²) in [6, 6.07) is 20.9. The smallest absolute Gasteiger partial charge is 0.206 e. The molecule has 0 fully saturated rings. The van der Waals surface area contributed by atoms with E-state index in [-0.39, 0.29) is 11.3 Å². The van der Waals surface area contributed by atoms with E-state index in [1.807, 2.05) is 12.1 Å². The maximum Gasteiger partial charge on any atom is 0.206 e. The number of thioether (sulfide) groups is 1. The molecule has 0 bridgehead atoms. The van der Waals surface area contributed by atoms with Crippen molar-refractivity contribution in [2.45, 2.75) is 11.3 Å². The van der Waals surface area contributed by atoms with E-state index >= 15 is 0 Å². The predicted molar refractivity (Wildman–Crippen MR) is 92.3 cm³/mol. The highest BCUT2D eigenvalue weighted by atomic mass is 32.2. The van der Waals surface area contributed by atoms with Crippen molar-refractivity contribution in [2.24, 2.45) is 4.99 Å². The summed E-state index contributed by atoms with van der Waals surface area (Å²) in [5, 5.41) is 9.09. The Balaban J connectivity index is 1.75. The van der Waals surface area contributed by atoms with E-state index in [1.165, 1.54) is 11.1 Å². The first-order valence-electron chi connectivity index (χ1n) is 7.40. The Morgan fingerprint density at radius 2 is 1.48 bits per heavy atom. The monoisotopic (exact) mass is 318 g/mol. The maximum absolute atomic E-state index is 4.90. The van der Waals surface area contributed by atoms with Crippen LogP contribution in [-0.4, -0.2) is 20.2 Å². The average molecular weight is 318 g/mol. The summed E-state index contributed by atoms with van der Waals surface area (Å²) >= 11 is 1.70. The minimum absolute atomic E-state index is 0.0578. The van der Waals surface area contributed by atoms with Crippen molar-refractivity contribution in [2.75, 3.05) is 0 Å². The molecule has 2 heterocycles. The molecule has 1 aromatic heterocycles. The molecule has 0 saturated carbocycles. The van der Waals surface area contributed by atoms with Crippen molar-refractivity contribution in [3.05, 3.63) is 90.0 Å². The van der Waals surface area contributed by atoms with E-state index in [9.17, 15) is 0 Å². The first-order valence-corrected chi connectivity index (χ1v) is 8.28. The van der Waals surface area contributed by atoms with Crippen LogP contribution in [0.25, 0.3) is 0 Å². The van der Waals surface area contributed by atoms with Crippen LogP contribution in [0.15, 0.2) is 78.0 Å². The number of hydrogen-bond donors (Lipinski definition) is 0. The van der Waals surface area contributed by atoms with Crippen molar-refractivity contribution in [1.82, 2.24) is 15.2 Å². The molecule has 0 amide bonds. The van der Waals surface area contributed by atoms with Crippen LogP contribution in [0.2, 0.25) is 0 Å². The number of rotatable bonds is 3. The molecule has 0 spiro atoms. The van der Waals surface area contributed by atoms with Gasteiger partial charge >= 0.3 is 0 Å². The fourth-order valence-corrected chi connectivity index (χ4v) is 3.91.